The summed E-state index contributed by atoms with van der Waals surface area (Å²) in [6, 6.07) is 13.3. The molecular formula is C18H16O3. The number of hydrogen-bond donors (Lipinski definition) is 0. The molecule has 2 aromatic carbocycles. The van der Waals surface area contributed by atoms with E-state index in [0.29, 0.717) is 12.2 Å². The monoisotopic (exact) mass is 280 g/mol. The molecule has 0 atom stereocenters. The van der Waals surface area contributed by atoms with Crippen LogP contribution in [0.5, 0.6) is 11.5 Å². The van der Waals surface area contributed by atoms with Gasteiger partial charge in [-0.25, -0.2) is 0 Å². The number of benzene rings is 2. The predicted molar refractivity (Wildman–Crippen MR) is 82.0 cm³/mol. The van der Waals surface area contributed by atoms with Crippen molar-refractivity contribution in [1.82, 2.24) is 0 Å². The van der Waals surface area contributed by atoms with E-state index in [2.05, 4.69) is 0 Å². The van der Waals surface area contributed by atoms with Gasteiger partial charge < -0.3 is 9.47 Å². The van der Waals surface area contributed by atoms with Crippen molar-refractivity contribution in [3.63, 3.8) is 0 Å². The van der Waals surface area contributed by atoms with Crippen LogP contribution in [0.2, 0.25) is 0 Å². The molecule has 0 aromatic heterocycles. The van der Waals surface area contributed by atoms with E-state index in [1.807, 2.05) is 48.5 Å². The maximum atomic E-state index is 12.4. The number of methoxy groups -OCH3 is 2. The van der Waals surface area contributed by atoms with E-state index in [-0.39, 0.29) is 5.78 Å². The van der Waals surface area contributed by atoms with Gasteiger partial charge in [0.25, 0.3) is 0 Å². The fraction of sp³-hybridized carbons (Fsp3) is 0.167. The summed E-state index contributed by atoms with van der Waals surface area (Å²) in [6.45, 7) is 0. The van der Waals surface area contributed by atoms with Gasteiger partial charge in [0.2, 0.25) is 0 Å². The minimum absolute atomic E-state index is 0.100. The number of ether oxygens (including phenoxy) is 2. The highest BCUT2D eigenvalue weighted by Gasteiger charge is 2.24. The Bertz CT molecular complexity index is 729. The highest BCUT2D eigenvalue weighted by molar-refractivity contribution is 6.15. The topological polar surface area (TPSA) is 35.5 Å². The van der Waals surface area contributed by atoms with Crippen LogP contribution in [0.15, 0.2) is 48.0 Å². The molecule has 0 amide bonds. The van der Waals surface area contributed by atoms with Gasteiger partial charge in [0.15, 0.2) is 5.78 Å². The Hall–Kier alpha value is -2.55. The van der Waals surface area contributed by atoms with Crippen LogP contribution in [0.4, 0.5) is 0 Å². The van der Waals surface area contributed by atoms with Crippen LogP contribution in [-0.2, 0) is 6.42 Å². The van der Waals surface area contributed by atoms with Crippen LogP contribution in [-0.4, -0.2) is 20.0 Å². The zero-order chi connectivity index (χ0) is 14.8. The number of fused-ring (bicyclic) bond motifs is 1. The van der Waals surface area contributed by atoms with Crippen molar-refractivity contribution < 1.29 is 14.3 Å². The van der Waals surface area contributed by atoms with Gasteiger partial charge >= 0.3 is 0 Å². The first kappa shape index (κ1) is 13.4. The largest absolute Gasteiger partial charge is 0.497 e. The number of allylic oxidation sites excluding steroid dienone is 1. The molecule has 0 radical (unpaired) electrons. The van der Waals surface area contributed by atoms with Crippen molar-refractivity contribution in [2.75, 3.05) is 14.2 Å². The minimum Gasteiger partial charge on any atom is -0.497 e. The van der Waals surface area contributed by atoms with Crippen LogP contribution in [0.25, 0.3) is 6.08 Å². The molecule has 106 valence electrons. The van der Waals surface area contributed by atoms with E-state index in [1.54, 1.807) is 14.2 Å². The predicted octanol–water partition coefficient (Wildman–Crippen LogP) is 3.53. The molecule has 0 N–H and O–H groups in total. The molecule has 0 unspecified atom stereocenters. The first-order valence-electron chi connectivity index (χ1n) is 6.78. The lowest BCUT2D eigenvalue weighted by Crippen LogP contribution is -1.96. The standard InChI is InChI=1S/C18H16O3/c1-20-15-8-7-13(17(11-15)21-2)10-14-9-12-5-3-4-6-16(12)18(14)19/h3-8,10-11H,9H2,1-2H3/b14-10-. The molecule has 0 aliphatic heterocycles. The Morgan fingerprint density at radius 3 is 2.57 bits per heavy atom. The number of carbonyl (C=O) groups is 1. The van der Waals surface area contributed by atoms with Crippen LogP contribution in [0, 0.1) is 0 Å². The smallest absolute Gasteiger partial charge is 0.189 e. The molecule has 3 nitrogen and oxygen atoms in total. The molecule has 21 heavy (non-hydrogen) atoms. The normalized spacial score (nSPS) is 15.1. The third-order valence-electron chi connectivity index (χ3n) is 3.70. The number of hydrogen-bond acceptors (Lipinski definition) is 3. The Morgan fingerprint density at radius 2 is 1.86 bits per heavy atom. The van der Waals surface area contributed by atoms with Gasteiger partial charge in [0.1, 0.15) is 11.5 Å². The summed E-state index contributed by atoms with van der Waals surface area (Å²) < 4.78 is 10.6. The van der Waals surface area contributed by atoms with Crippen molar-refractivity contribution in [1.29, 1.82) is 0 Å². The summed E-state index contributed by atoms with van der Waals surface area (Å²) in [5.74, 6) is 1.53. The fourth-order valence-corrected chi connectivity index (χ4v) is 2.60. The quantitative estimate of drug-likeness (QED) is 0.807. The van der Waals surface area contributed by atoms with Gasteiger partial charge in [-0.2, -0.15) is 0 Å². The second-order valence-corrected chi connectivity index (χ2v) is 4.94. The Balaban J connectivity index is 1.99. The molecule has 3 heteroatoms. The van der Waals surface area contributed by atoms with E-state index < -0.39 is 0 Å². The van der Waals surface area contributed by atoms with Crippen molar-refractivity contribution in [2.45, 2.75) is 6.42 Å². The van der Waals surface area contributed by atoms with E-state index in [0.717, 1.165) is 28.0 Å². The van der Waals surface area contributed by atoms with Crippen molar-refractivity contribution in [3.05, 3.63) is 64.7 Å². The van der Waals surface area contributed by atoms with Gasteiger partial charge in [0.05, 0.1) is 14.2 Å². The van der Waals surface area contributed by atoms with Crippen LogP contribution in [0.3, 0.4) is 0 Å². The second kappa shape index (κ2) is 5.44. The fourth-order valence-electron chi connectivity index (χ4n) is 2.60. The lowest BCUT2D eigenvalue weighted by atomic mass is 10.1. The minimum atomic E-state index is 0.100. The van der Waals surface area contributed by atoms with E-state index in [4.69, 9.17) is 9.47 Å². The number of carbonyl (C=O) groups excluding carboxylic acids is 1. The Morgan fingerprint density at radius 1 is 1.05 bits per heavy atom. The number of Topliss-reactive ketones (excluding diaryl/α,β-unsaturated/α-hetero) is 1. The van der Waals surface area contributed by atoms with Gasteiger partial charge in [-0.05, 0) is 23.8 Å². The summed E-state index contributed by atoms with van der Waals surface area (Å²) in [5, 5.41) is 0. The van der Waals surface area contributed by atoms with Crippen molar-refractivity contribution in [3.8, 4) is 11.5 Å². The second-order valence-electron chi connectivity index (χ2n) is 4.94. The lowest BCUT2D eigenvalue weighted by molar-refractivity contribution is 0.104. The third-order valence-corrected chi connectivity index (χ3v) is 3.70. The highest BCUT2D eigenvalue weighted by Crippen LogP contribution is 2.31. The highest BCUT2D eigenvalue weighted by atomic mass is 16.5. The summed E-state index contributed by atoms with van der Waals surface area (Å²) in [5.41, 5.74) is 3.56. The molecule has 0 saturated carbocycles. The van der Waals surface area contributed by atoms with Crippen molar-refractivity contribution >= 4 is 11.9 Å². The van der Waals surface area contributed by atoms with Gasteiger partial charge in [-0.15, -0.1) is 0 Å². The van der Waals surface area contributed by atoms with Crippen molar-refractivity contribution in [2.24, 2.45) is 0 Å². The summed E-state index contributed by atoms with van der Waals surface area (Å²) in [4.78, 5) is 12.4. The first-order valence-corrected chi connectivity index (χ1v) is 6.78. The molecule has 0 heterocycles. The maximum Gasteiger partial charge on any atom is 0.189 e. The van der Waals surface area contributed by atoms with E-state index in [9.17, 15) is 4.79 Å². The van der Waals surface area contributed by atoms with Gasteiger partial charge in [-0.3, -0.25) is 4.79 Å². The molecule has 1 aliphatic carbocycles. The summed E-state index contributed by atoms with van der Waals surface area (Å²) in [7, 11) is 3.23. The summed E-state index contributed by atoms with van der Waals surface area (Å²) >= 11 is 0. The average Bonchev–Trinajstić information content (AvgIpc) is 2.84. The SMILES string of the molecule is COc1ccc(/C=C2/Cc3ccccc3C2=O)c(OC)c1. The number of ketones is 1. The Labute approximate surface area is 123 Å². The molecule has 3 rings (SSSR count). The molecular weight excluding hydrogens is 264 g/mol. The molecule has 0 bridgehead atoms. The molecule has 1 aliphatic rings. The van der Waals surface area contributed by atoms with E-state index in [1.165, 1.54) is 0 Å². The first-order chi connectivity index (χ1) is 10.2. The average molecular weight is 280 g/mol. The molecule has 0 fully saturated rings. The zero-order valence-electron chi connectivity index (χ0n) is 12.1. The third kappa shape index (κ3) is 2.42. The molecule has 0 saturated heterocycles. The van der Waals surface area contributed by atoms with Crippen LogP contribution < -0.4 is 9.47 Å². The zero-order valence-corrected chi connectivity index (χ0v) is 12.1. The van der Waals surface area contributed by atoms with Gasteiger partial charge in [-0.1, -0.05) is 24.3 Å². The summed E-state index contributed by atoms with van der Waals surface area (Å²) in [6.07, 6.45) is 2.57. The maximum absolute atomic E-state index is 12.4. The van der Waals surface area contributed by atoms with Crippen LogP contribution >= 0.6 is 0 Å². The molecule has 2 aromatic rings. The van der Waals surface area contributed by atoms with Crippen LogP contribution in [0.1, 0.15) is 21.5 Å². The molecule has 0 spiro atoms. The Kier molecular flexibility index (Phi) is 3.48. The number of rotatable bonds is 3. The van der Waals surface area contributed by atoms with E-state index >= 15 is 0 Å². The van der Waals surface area contributed by atoms with Gasteiger partial charge in [0, 0.05) is 29.2 Å². The lowest BCUT2D eigenvalue weighted by Gasteiger charge is -2.08.